The van der Waals surface area contributed by atoms with E-state index in [2.05, 4.69) is 22.3 Å². The Balaban J connectivity index is 1.34. The van der Waals surface area contributed by atoms with Crippen molar-refractivity contribution in [2.45, 2.75) is 18.8 Å². The Labute approximate surface area is 165 Å². The van der Waals surface area contributed by atoms with Crippen LogP contribution in [0.1, 0.15) is 32.8 Å². The number of allylic oxidation sites excluding steroid dienone is 2. The summed E-state index contributed by atoms with van der Waals surface area (Å²) >= 11 is 1.53. The van der Waals surface area contributed by atoms with Gasteiger partial charge in [0.05, 0.1) is 4.88 Å². The summed E-state index contributed by atoms with van der Waals surface area (Å²) in [5.41, 5.74) is 4.87. The summed E-state index contributed by atoms with van der Waals surface area (Å²) in [5.74, 6) is 0.388. The molecule has 138 valence electrons. The van der Waals surface area contributed by atoms with Crippen molar-refractivity contribution in [3.63, 3.8) is 0 Å². The fourth-order valence-electron chi connectivity index (χ4n) is 5.01. The number of likely N-dealkylation sites (tertiary alicyclic amines) is 1. The molecule has 6 heteroatoms. The van der Waals surface area contributed by atoms with Crippen molar-refractivity contribution in [3.05, 3.63) is 69.3 Å². The topological polar surface area (TPSA) is 66.1 Å². The predicted octanol–water partition coefficient (Wildman–Crippen LogP) is 3.83. The van der Waals surface area contributed by atoms with Gasteiger partial charge in [0.25, 0.3) is 5.91 Å². The second-order valence-corrected chi connectivity index (χ2v) is 8.69. The summed E-state index contributed by atoms with van der Waals surface area (Å²) in [7, 11) is 0. The van der Waals surface area contributed by atoms with E-state index in [1.54, 1.807) is 23.2 Å². The van der Waals surface area contributed by atoms with Crippen molar-refractivity contribution in [1.82, 2.24) is 14.9 Å². The van der Waals surface area contributed by atoms with E-state index in [1.807, 2.05) is 24.4 Å². The van der Waals surface area contributed by atoms with Crippen LogP contribution in [0.15, 0.2) is 47.8 Å². The number of fused-ring (bicyclic) bond motifs is 2. The number of nitrogens with one attached hydrogen (secondary N) is 1. The largest absolute Gasteiger partial charge is 0.346 e. The summed E-state index contributed by atoms with van der Waals surface area (Å²) in [5, 5.41) is 3.05. The second kappa shape index (κ2) is 5.29. The lowest BCUT2D eigenvalue weighted by Gasteiger charge is -2.27. The van der Waals surface area contributed by atoms with Crippen LogP contribution >= 0.6 is 11.3 Å². The molecule has 1 saturated carbocycles. The van der Waals surface area contributed by atoms with Crippen LogP contribution in [0.2, 0.25) is 0 Å². The van der Waals surface area contributed by atoms with Crippen LogP contribution in [0.4, 0.5) is 0 Å². The molecule has 3 aromatic heterocycles. The highest BCUT2D eigenvalue weighted by atomic mass is 32.1. The molecule has 0 aromatic carbocycles. The van der Waals surface area contributed by atoms with Gasteiger partial charge in [-0.05, 0) is 54.0 Å². The number of nitrogens with zero attached hydrogens (tertiary/aromatic N) is 2. The fraction of sp³-hybridized carbons (Fsp3) is 0.227. The van der Waals surface area contributed by atoms with Crippen molar-refractivity contribution in [3.8, 4) is 0 Å². The maximum absolute atomic E-state index is 13.0. The number of aromatic nitrogens is 2. The minimum Gasteiger partial charge on any atom is -0.346 e. The third-order valence-corrected chi connectivity index (χ3v) is 7.44. The van der Waals surface area contributed by atoms with Gasteiger partial charge < -0.3 is 9.88 Å². The number of amides is 1. The van der Waals surface area contributed by atoms with Crippen LogP contribution in [0.3, 0.4) is 0 Å². The molecule has 1 saturated heterocycles. The molecular weight excluding hydrogens is 370 g/mol. The zero-order valence-corrected chi connectivity index (χ0v) is 16.0. The summed E-state index contributed by atoms with van der Waals surface area (Å²) in [6.07, 6.45) is 9.77. The standard InChI is InChI=1S/C22H17N3O2S/c1-12-11-28-20-16(26)7-17-22(19(12)20)8-14(22)10-25(17)18(27)5-4-13-9-24-21-15(13)3-2-6-23-21/h2-7,9,11,14H,8,10H2,1H3,(H,23,24)/b5-4+. The number of aromatic amines is 1. The van der Waals surface area contributed by atoms with E-state index in [-0.39, 0.29) is 17.1 Å². The smallest absolute Gasteiger partial charge is 0.250 e. The number of rotatable bonds is 2. The molecule has 28 heavy (non-hydrogen) atoms. The van der Waals surface area contributed by atoms with Gasteiger partial charge >= 0.3 is 0 Å². The summed E-state index contributed by atoms with van der Waals surface area (Å²) in [6, 6.07) is 3.86. The molecule has 1 aliphatic heterocycles. The van der Waals surface area contributed by atoms with E-state index in [4.69, 9.17) is 0 Å². The van der Waals surface area contributed by atoms with Gasteiger partial charge in [-0.2, -0.15) is 0 Å². The van der Waals surface area contributed by atoms with E-state index in [9.17, 15) is 9.59 Å². The number of pyridine rings is 1. The highest BCUT2D eigenvalue weighted by Gasteiger charge is 2.67. The first-order chi connectivity index (χ1) is 13.6. The van der Waals surface area contributed by atoms with E-state index in [1.165, 1.54) is 22.5 Å². The van der Waals surface area contributed by atoms with Crippen LogP contribution in [-0.4, -0.2) is 33.1 Å². The van der Waals surface area contributed by atoms with Gasteiger partial charge in [0, 0.05) is 53.2 Å². The van der Waals surface area contributed by atoms with Gasteiger partial charge in [0.2, 0.25) is 0 Å². The Morgan fingerprint density at radius 2 is 2.36 bits per heavy atom. The number of piperidine rings is 1. The van der Waals surface area contributed by atoms with Crippen molar-refractivity contribution >= 4 is 40.1 Å². The SMILES string of the molecule is Cc1csc2c1C13CC1CN(C(=O)/C=C/c1c[nH]c4ncccc14)C3=CC2=O. The number of aryl methyl sites for hydroxylation is 1. The van der Waals surface area contributed by atoms with Crippen molar-refractivity contribution in [2.75, 3.05) is 6.54 Å². The van der Waals surface area contributed by atoms with E-state index >= 15 is 0 Å². The van der Waals surface area contributed by atoms with Gasteiger partial charge in [0.15, 0.2) is 5.78 Å². The molecule has 1 amide bonds. The van der Waals surface area contributed by atoms with Crippen molar-refractivity contribution in [2.24, 2.45) is 5.92 Å². The summed E-state index contributed by atoms with van der Waals surface area (Å²) in [4.78, 5) is 35.7. The van der Waals surface area contributed by atoms with Crippen LogP contribution < -0.4 is 0 Å². The van der Waals surface area contributed by atoms with Crippen LogP contribution in [0, 0.1) is 12.8 Å². The van der Waals surface area contributed by atoms with Crippen molar-refractivity contribution in [1.29, 1.82) is 0 Å². The molecule has 4 heterocycles. The molecular formula is C22H17N3O2S. The molecule has 2 aliphatic carbocycles. The Kier molecular flexibility index (Phi) is 3.03. The Hall–Kier alpha value is -2.99. The number of ketones is 1. The van der Waals surface area contributed by atoms with Gasteiger partial charge in [0.1, 0.15) is 5.65 Å². The quantitative estimate of drug-likeness (QED) is 0.680. The average Bonchev–Trinajstić information content (AvgIpc) is 3.01. The minimum atomic E-state index is -0.110. The average molecular weight is 387 g/mol. The molecule has 2 fully saturated rings. The van der Waals surface area contributed by atoms with E-state index < -0.39 is 0 Å². The van der Waals surface area contributed by atoms with Crippen LogP contribution in [0.5, 0.6) is 0 Å². The third kappa shape index (κ3) is 1.93. The molecule has 2 atom stereocenters. The third-order valence-electron chi connectivity index (χ3n) is 6.32. The molecule has 0 bridgehead atoms. The monoisotopic (exact) mass is 387 g/mol. The lowest BCUT2D eigenvalue weighted by molar-refractivity contribution is -0.123. The molecule has 6 rings (SSSR count). The summed E-state index contributed by atoms with van der Waals surface area (Å²) < 4.78 is 0. The zero-order valence-electron chi connectivity index (χ0n) is 15.2. The Bertz CT molecular complexity index is 1250. The number of carbonyl (C=O) groups is 2. The second-order valence-electron chi connectivity index (χ2n) is 7.81. The molecule has 3 aromatic rings. The fourth-order valence-corrected chi connectivity index (χ4v) is 6.06. The zero-order chi connectivity index (χ0) is 19.0. The van der Waals surface area contributed by atoms with Gasteiger partial charge in [-0.3, -0.25) is 9.59 Å². The number of thiophene rings is 1. The van der Waals surface area contributed by atoms with Crippen molar-refractivity contribution < 1.29 is 9.59 Å². The molecule has 1 spiro atoms. The van der Waals surface area contributed by atoms with Gasteiger partial charge in [-0.15, -0.1) is 11.3 Å². The molecule has 5 nitrogen and oxygen atoms in total. The van der Waals surface area contributed by atoms with Crippen LogP contribution in [-0.2, 0) is 10.2 Å². The lowest BCUT2D eigenvalue weighted by atomic mass is 9.84. The number of H-pyrrole nitrogens is 1. The molecule has 1 N–H and O–H groups in total. The molecule has 2 unspecified atom stereocenters. The number of carbonyl (C=O) groups excluding carboxylic acids is 2. The highest BCUT2D eigenvalue weighted by molar-refractivity contribution is 7.12. The normalized spacial score (nSPS) is 25.0. The van der Waals surface area contributed by atoms with Gasteiger partial charge in [-0.25, -0.2) is 4.98 Å². The molecule has 3 aliphatic rings. The first-order valence-electron chi connectivity index (χ1n) is 9.36. The van der Waals surface area contributed by atoms with E-state index in [0.29, 0.717) is 12.5 Å². The Morgan fingerprint density at radius 1 is 1.46 bits per heavy atom. The first kappa shape index (κ1) is 16.0. The maximum atomic E-state index is 13.0. The van der Waals surface area contributed by atoms with Crippen LogP contribution in [0.25, 0.3) is 17.1 Å². The first-order valence-corrected chi connectivity index (χ1v) is 10.2. The number of hydrogen-bond acceptors (Lipinski definition) is 4. The number of hydrogen-bond donors (Lipinski definition) is 1. The minimum absolute atomic E-state index is 0.0331. The lowest BCUT2D eigenvalue weighted by Crippen LogP contribution is -2.32. The molecule has 0 radical (unpaired) electrons. The maximum Gasteiger partial charge on any atom is 0.250 e. The van der Waals surface area contributed by atoms with Gasteiger partial charge in [-0.1, -0.05) is 0 Å². The highest BCUT2D eigenvalue weighted by Crippen LogP contribution is 2.67. The van der Waals surface area contributed by atoms with E-state index in [0.717, 1.165) is 33.6 Å². The Morgan fingerprint density at radius 3 is 3.25 bits per heavy atom. The predicted molar refractivity (Wildman–Crippen MR) is 108 cm³/mol. The summed E-state index contributed by atoms with van der Waals surface area (Å²) in [6.45, 7) is 2.76.